The molecule has 0 amide bonds. The number of nitrogens with two attached hydrogens (primary N) is 1. The number of hydrogen-bond acceptors (Lipinski definition) is 2. The summed E-state index contributed by atoms with van der Waals surface area (Å²) in [6.45, 7) is 6.46. The lowest BCUT2D eigenvalue weighted by Crippen LogP contribution is -2.11. The van der Waals surface area contributed by atoms with Gasteiger partial charge in [-0.2, -0.15) is 0 Å². The van der Waals surface area contributed by atoms with E-state index < -0.39 is 0 Å². The monoisotopic (exact) mass is 240 g/mol. The van der Waals surface area contributed by atoms with E-state index in [0.29, 0.717) is 11.2 Å². The van der Waals surface area contributed by atoms with Crippen LogP contribution in [0, 0.1) is 11.3 Å². The van der Waals surface area contributed by atoms with E-state index in [2.05, 4.69) is 20.8 Å². The van der Waals surface area contributed by atoms with Crippen LogP contribution >= 0.6 is 28.7 Å². The molecular weight excluding hydrogens is 224 g/mol. The van der Waals surface area contributed by atoms with E-state index >= 15 is 0 Å². The molecule has 0 radical (unpaired) electrons. The topological polar surface area (TPSA) is 49.9 Å². The second-order valence-corrected chi connectivity index (χ2v) is 4.40. The van der Waals surface area contributed by atoms with E-state index in [0.717, 1.165) is 6.42 Å². The maximum absolute atomic E-state index is 7.01. The quantitative estimate of drug-likeness (QED) is 0.589. The highest BCUT2D eigenvalue weighted by Gasteiger charge is 2.05. The molecule has 1 unspecified atom stereocenters. The van der Waals surface area contributed by atoms with E-state index in [1.54, 1.807) is 0 Å². The summed E-state index contributed by atoms with van der Waals surface area (Å²) in [5.41, 5.74) is 5.22. The van der Waals surface area contributed by atoms with Crippen LogP contribution in [0.4, 0.5) is 0 Å². The molecule has 0 heterocycles. The number of amidine groups is 1. The normalized spacial score (nSPS) is 12.4. The summed E-state index contributed by atoms with van der Waals surface area (Å²) in [5.74, 6) is 0.696. The van der Waals surface area contributed by atoms with Crippen molar-refractivity contribution in [2.24, 2.45) is 11.7 Å². The summed E-state index contributed by atoms with van der Waals surface area (Å²) in [5, 5.41) is 7.72. The third-order valence-electron chi connectivity index (χ3n) is 1.13. The van der Waals surface area contributed by atoms with E-state index in [4.69, 9.17) is 11.1 Å². The lowest BCUT2D eigenvalue weighted by atomic mass is 10.1. The Bertz CT molecular complexity index is 117. The van der Waals surface area contributed by atoms with Crippen LogP contribution in [0.2, 0.25) is 0 Å². The summed E-state index contributed by atoms with van der Waals surface area (Å²) in [7, 11) is 0. The number of thioether (sulfide) groups is 1. The van der Waals surface area contributed by atoms with Gasteiger partial charge in [0, 0.05) is 5.25 Å². The highest BCUT2D eigenvalue weighted by atomic mass is 79.9. The Morgan fingerprint density at radius 2 is 1.91 bits per heavy atom. The van der Waals surface area contributed by atoms with Crippen molar-refractivity contribution in [2.45, 2.75) is 32.4 Å². The van der Waals surface area contributed by atoms with Crippen LogP contribution in [0.25, 0.3) is 0 Å². The molecule has 0 aliphatic rings. The van der Waals surface area contributed by atoms with Gasteiger partial charge in [-0.05, 0) is 12.3 Å². The van der Waals surface area contributed by atoms with Crippen molar-refractivity contribution < 1.29 is 0 Å². The minimum absolute atomic E-state index is 0. The smallest absolute Gasteiger partial charge is 0.151 e. The van der Waals surface area contributed by atoms with Crippen LogP contribution in [-0.4, -0.2) is 10.4 Å². The van der Waals surface area contributed by atoms with Gasteiger partial charge in [0.1, 0.15) is 0 Å². The van der Waals surface area contributed by atoms with Crippen molar-refractivity contribution in [3.05, 3.63) is 0 Å². The summed E-state index contributed by atoms with van der Waals surface area (Å²) in [4.78, 5) is 0. The summed E-state index contributed by atoms with van der Waals surface area (Å²) in [6, 6.07) is 0. The largest absolute Gasteiger partial charge is 0.379 e. The van der Waals surface area contributed by atoms with E-state index in [1.807, 2.05) is 0 Å². The van der Waals surface area contributed by atoms with Crippen molar-refractivity contribution in [2.75, 3.05) is 0 Å². The number of hydrogen-bond donors (Lipinski definition) is 2. The minimum Gasteiger partial charge on any atom is -0.379 e. The molecule has 0 aliphatic carbocycles. The van der Waals surface area contributed by atoms with Crippen LogP contribution in [0.5, 0.6) is 0 Å². The molecule has 0 saturated heterocycles. The molecule has 1 atom stereocenters. The summed E-state index contributed by atoms with van der Waals surface area (Å²) in [6.07, 6.45) is 1.13. The van der Waals surface area contributed by atoms with Gasteiger partial charge in [-0.15, -0.1) is 17.0 Å². The zero-order valence-electron chi connectivity index (χ0n) is 7.26. The van der Waals surface area contributed by atoms with Gasteiger partial charge in [0.15, 0.2) is 5.17 Å². The molecule has 68 valence electrons. The van der Waals surface area contributed by atoms with E-state index in [1.165, 1.54) is 11.8 Å². The van der Waals surface area contributed by atoms with Crippen LogP contribution in [0.15, 0.2) is 0 Å². The Morgan fingerprint density at radius 1 is 1.45 bits per heavy atom. The van der Waals surface area contributed by atoms with Gasteiger partial charge in [-0.25, -0.2) is 0 Å². The fourth-order valence-corrected chi connectivity index (χ4v) is 1.84. The van der Waals surface area contributed by atoms with Crippen molar-refractivity contribution in [3.63, 3.8) is 0 Å². The van der Waals surface area contributed by atoms with Crippen molar-refractivity contribution in [1.82, 2.24) is 0 Å². The molecule has 0 aromatic carbocycles. The van der Waals surface area contributed by atoms with Crippen LogP contribution in [0.3, 0.4) is 0 Å². The average Bonchev–Trinajstić information content (AvgIpc) is 1.58. The maximum atomic E-state index is 7.01. The lowest BCUT2D eigenvalue weighted by molar-refractivity contribution is 0.586. The van der Waals surface area contributed by atoms with Crippen molar-refractivity contribution in [3.8, 4) is 0 Å². The van der Waals surface area contributed by atoms with E-state index in [9.17, 15) is 0 Å². The highest BCUT2D eigenvalue weighted by Crippen LogP contribution is 2.17. The molecule has 4 heteroatoms. The van der Waals surface area contributed by atoms with Gasteiger partial charge in [0.2, 0.25) is 0 Å². The van der Waals surface area contributed by atoms with E-state index in [-0.39, 0.29) is 22.1 Å². The predicted molar refractivity (Wildman–Crippen MR) is 58.7 cm³/mol. The number of nitrogens with one attached hydrogen (secondary N) is 1. The zero-order chi connectivity index (χ0) is 8.15. The first-order valence-corrected chi connectivity index (χ1v) is 4.41. The Hall–Kier alpha value is 0.300. The minimum atomic E-state index is 0. The molecule has 0 spiro atoms. The third-order valence-corrected chi connectivity index (χ3v) is 1.98. The van der Waals surface area contributed by atoms with Crippen LogP contribution in [0.1, 0.15) is 27.2 Å². The van der Waals surface area contributed by atoms with Crippen LogP contribution in [-0.2, 0) is 0 Å². The molecule has 11 heavy (non-hydrogen) atoms. The van der Waals surface area contributed by atoms with Gasteiger partial charge in [-0.1, -0.05) is 32.5 Å². The molecular formula is C7H17BrN2S. The Kier molecular flexibility index (Phi) is 8.79. The Morgan fingerprint density at radius 3 is 2.18 bits per heavy atom. The summed E-state index contributed by atoms with van der Waals surface area (Å²) < 4.78 is 0. The standard InChI is InChI=1S/C7H16N2S.BrH/c1-5(2)4-6(3)10-7(8)9;/h5-6H,4H2,1-3H3,(H3,8,9);1H. The summed E-state index contributed by atoms with van der Waals surface area (Å²) >= 11 is 1.44. The van der Waals surface area contributed by atoms with Gasteiger partial charge in [0.05, 0.1) is 0 Å². The SMILES string of the molecule is Br.CC(C)CC(C)SC(=N)N. The third kappa shape index (κ3) is 10.3. The first kappa shape index (κ1) is 13.9. The van der Waals surface area contributed by atoms with Crippen molar-refractivity contribution in [1.29, 1.82) is 5.41 Å². The van der Waals surface area contributed by atoms with Gasteiger partial charge < -0.3 is 5.73 Å². The maximum Gasteiger partial charge on any atom is 0.151 e. The number of rotatable bonds is 3. The zero-order valence-corrected chi connectivity index (χ0v) is 9.79. The second kappa shape index (κ2) is 6.98. The second-order valence-electron chi connectivity index (χ2n) is 2.92. The fourth-order valence-electron chi connectivity index (χ4n) is 0.929. The van der Waals surface area contributed by atoms with Gasteiger partial charge in [-0.3, -0.25) is 5.41 Å². The molecule has 0 aromatic heterocycles. The highest BCUT2D eigenvalue weighted by molar-refractivity contribution is 8.93. The molecule has 0 rings (SSSR count). The average molecular weight is 241 g/mol. The molecule has 3 N–H and O–H groups in total. The molecule has 0 aromatic rings. The predicted octanol–water partition coefficient (Wildman–Crippen LogP) is 2.63. The Labute approximate surface area is 83.6 Å². The fraction of sp³-hybridized carbons (Fsp3) is 0.857. The number of halogens is 1. The van der Waals surface area contributed by atoms with Crippen molar-refractivity contribution >= 4 is 33.9 Å². The lowest BCUT2D eigenvalue weighted by Gasteiger charge is -2.11. The molecule has 2 nitrogen and oxygen atoms in total. The molecule has 0 fully saturated rings. The molecule has 0 aliphatic heterocycles. The first-order valence-electron chi connectivity index (χ1n) is 3.53. The van der Waals surface area contributed by atoms with Crippen LogP contribution < -0.4 is 5.73 Å². The van der Waals surface area contributed by atoms with Gasteiger partial charge >= 0.3 is 0 Å². The Balaban J connectivity index is 0. The first-order chi connectivity index (χ1) is 4.52. The van der Waals surface area contributed by atoms with Gasteiger partial charge in [0.25, 0.3) is 0 Å². The molecule has 0 bridgehead atoms. The molecule has 0 saturated carbocycles.